The lowest BCUT2D eigenvalue weighted by Crippen LogP contribution is -2.22. The van der Waals surface area contributed by atoms with Crippen molar-refractivity contribution in [2.45, 2.75) is 19.9 Å². The highest BCUT2D eigenvalue weighted by atomic mass is 16.2. The van der Waals surface area contributed by atoms with Gasteiger partial charge >= 0.3 is 5.69 Å². The van der Waals surface area contributed by atoms with Crippen LogP contribution in [-0.4, -0.2) is 14.3 Å². The van der Waals surface area contributed by atoms with Crippen molar-refractivity contribution in [3.8, 4) is 0 Å². The monoisotopic (exact) mass is 141 g/mol. The second kappa shape index (κ2) is 2.68. The number of hydrogen-bond acceptors (Lipinski definition) is 2. The van der Waals surface area contributed by atoms with Gasteiger partial charge in [0, 0.05) is 13.6 Å². The Hall–Kier alpha value is -1.06. The van der Waals surface area contributed by atoms with Crippen molar-refractivity contribution in [3.05, 3.63) is 16.8 Å². The van der Waals surface area contributed by atoms with E-state index < -0.39 is 0 Å². The minimum absolute atomic E-state index is 0.0400. The first-order valence-corrected chi connectivity index (χ1v) is 3.34. The number of aryl methyl sites for hydroxylation is 2. The molecule has 0 fully saturated rings. The van der Waals surface area contributed by atoms with Gasteiger partial charge in [-0.05, 0) is 6.42 Å². The molecule has 56 valence electrons. The highest BCUT2D eigenvalue weighted by molar-refractivity contribution is 4.65. The average molecular weight is 141 g/mol. The van der Waals surface area contributed by atoms with Crippen LogP contribution in [0.5, 0.6) is 0 Å². The van der Waals surface area contributed by atoms with E-state index >= 15 is 0 Å². The smallest absolute Gasteiger partial charge is 0.282 e. The number of hydrogen-bond donors (Lipinski definition) is 0. The summed E-state index contributed by atoms with van der Waals surface area (Å²) in [5, 5.41) is 3.80. The summed E-state index contributed by atoms with van der Waals surface area (Å²) in [7, 11) is 1.65. The van der Waals surface area contributed by atoms with Gasteiger partial charge in [0.05, 0.1) is 0 Å². The predicted octanol–water partition coefficient (Wildman–Crippen LogP) is -0.00820. The summed E-state index contributed by atoms with van der Waals surface area (Å²) >= 11 is 0. The third kappa shape index (κ3) is 1.10. The third-order valence-corrected chi connectivity index (χ3v) is 1.35. The van der Waals surface area contributed by atoms with Gasteiger partial charge in [0.25, 0.3) is 0 Å². The van der Waals surface area contributed by atoms with Gasteiger partial charge in [0.2, 0.25) is 0 Å². The Morgan fingerprint density at radius 3 is 2.80 bits per heavy atom. The topological polar surface area (TPSA) is 39.8 Å². The Balaban J connectivity index is 2.95. The van der Waals surface area contributed by atoms with Crippen LogP contribution >= 0.6 is 0 Å². The van der Waals surface area contributed by atoms with E-state index in [0.29, 0.717) is 0 Å². The lowest BCUT2D eigenvalue weighted by atomic mass is 10.5. The normalized spacial score (nSPS) is 10.2. The Labute approximate surface area is 59.1 Å². The van der Waals surface area contributed by atoms with E-state index in [2.05, 4.69) is 5.10 Å². The number of aromatic nitrogens is 3. The van der Waals surface area contributed by atoms with Gasteiger partial charge in [0.1, 0.15) is 6.33 Å². The van der Waals surface area contributed by atoms with Crippen molar-refractivity contribution < 1.29 is 0 Å². The van der Waals surface area contributed by atoms with Crippen LogP contribution in [0, 0.1) is 0 Å². The fraction of sp³-hybridized carbons (Fsp3) is 0.667. The zero-order valence-electron chi connectivity index (χ0n) is 6.24. The van der Waals surface area contributed by atoms with Crippen LogP contribution in [0.25, 0.3) is 0 Å². The maximum atomic E-state index is 11.0. The molecule has 0 aliphatic carbocycles. The van der Waals surface area contributed by atoms with E-state index in [1.165, 1.54) is 4.68 Å². The molecule has 0 saturated heterocycles. The largest absolute Gasteiger partial charge is 0.345 e. The molecule has 0 aliphatic heterocycles. The van der Waals surface area contributed by atoms with E-state index in [0.717, 1.165) is 13.0 Å². The molecule has 4 heteroatoms. The van der Waals surface area contributed by atoms with Crippen molar-refractivity contribution in [2.75, 3.05) is 0 Å². The van der Waals surface area contributed by atoms with Crippen LogP contribution in [0.15, 0.2) is 11.1 Å². The van der Waals surface area contributed by atoms with Gasteiger partial charge in [-0.1, -0.05) is 6.92 Å². The first-order chi connectivity index (χ1) is 4.75. The molecule has 1 heterocycles. The summed E-state index contributed by atoms with van der Waals surface area (Å²) in [6.45, 7) is 2.78. The predicted molar refractivity (Wildman–Crippen MR) is 37.8 cm³/mol. The highest BCUT2D eigenvalue weighted by Crippen LogP contribution is 1.81. The van der Waals surface area contributed by atoms with Crippen molar-refractivity contribution in [2.24, 2.45) is 7.05 Å². The first-order valence-electron chi connectivity index (χ1n) is 3.34. The first kappa shape index (κ1) is 7.05. The molecule has 0 bridgehead atoms. The molecular weight excluding hydrogens is 130 g/mol. The molecule has 0 atom stereocenters. The molecule has 0 radical (unpaired) electrons. The van der Waals surface area contributed by atoms with Crippen LogP contribution in [-0.2, 0) is 13.6 Å². The summed E-state index contributed by atoms with van der Waals surface area (Å²) in [5.74, 6) is 0. The molecular formula is C6H11N3O. The Morgan fingerprint density at radius 1 is 1.70 bits per heavy atom. The van der Waals surface area contributed by atoms with Gasteiger partial charge in [-0.2, -0.15) is 5.10 Å². The molecule has 0 spiro atoms. The molecule has 1 aromatic rings. The molecule has 0 aromatic carbocycles. The molecule has 1 aromatic heterocycles. The molecule has 0 saturated carbocycles. The van der Waals surface area contributed by atoms with Crippen molar-refractivity contribution in [3.63, 3.8) is 0 Å². The van der Waals surface area contributed by atoms with Crippen LogP contribution in [0.4, 0.5) is 0 Å². The van der Waals surface area contributed by atoms with Gasteiger partial charge in [0.15, 0.2) is 0 Å². The van der Waals surface area contributed by atoms with E-state index in [1.54, 1.807) is 17.9 Å². The Bertz CT molecular complexity index is 260. The Morgan fingerprint density at radius 2 is 2.40 bits per heavy atom. The molecule has 4 nitrogen and oxygen atoms in total. The standard InChI is InChI=1S/C6H11N3O/c1-3-4-9-5-7-8(2)6(9)10/h5H,3-4H2,1-2H3. The van der Waals surface area contributed by atoms with Crippen LogP contribution < -0.4 is 5.69 Å². The maximum absolute atomic E-state index is 11.0. The second-order valence-electron chi connectivity index (χ2n) is 2.23. The minimum atomic E-state index is -0.0400. The molecule has 10 heavy (non-hydrogen) atoms. The highest BCUT2D eigenvalue weighted by Gasteiger charge is 1.96. The molecule has 0 unspecified atom stereocenters. The molecule has 1 rings (SSSR count). The minimum Gasteiger partial charge on any atom is -0.282 e. The fourth-order valence-electron chi connectivity index (χ4n) is 0.819. The summed E-state index contributed by atoms with van der Waals surface area (Å²) in [4.78, 5) is 11.0. The summed E-state index contributed by atoms with van der Waals surface area (Å²) < 4.78 is 2.93. The van der Waals surface area contributed by atoms with E-state index in [1.807, 2.05) is 6.92 Å². The van der Waals surface area contributed by atoms with Crippen LogP contribution in [0.3, 0.4) is 0 Å². The Kier molecular flexibility index (Phi) is 1.89. The molecule has 0 N–H and O–H groups in total. The number of nitrogens with zero attached hydrogens (tertiary/aromatic N) is 3. The zero-order valence-corrected chi connectivity index (χ0v) is 6.24. The zero-order chi connectivity index (χ0) is 7.56. The molecule has 0 aliphatic rings. The van der Waals surface area contributed by atoms with Crippen molar-refractivity contribution in [1.82, 2.24) is 14.3 Å². The lowest BCUT2D eigenvalue weighted by Gasteiger charge is -1.92. The quantitative estimate of drug-likeness (QED) is 0.581. The van der Waals surface area contributed by atoms with E-state index in [9.17, 15) is 4.79 Å². The van der Waals surface area contributed by atoms with Gasteiger partial charge in [-0.25, -0.2) is 9.48 Å². The van der Waals surface area contributed by atoms with Crippen molar-refractivity contribution in [1.29, 1.82) is 0 Å². The summed E-state index contributed by atoms with van der Waals surface area (Å²) in [6.07, 6.45) is 2.53. The molecule has 0 amide bonds. The third-order valence-electron chi connectivity index (χ3n) is 1.35. The van der Waals surface area contributed by atoms with Crippen LogP contribution in [0.2, 0.25) is 0 Å². The van der Waals surface area contributed by atoms with E-state index in [4.69, 9.17) is 0 Å². The average Bonchev–Trinajstić information content (AvgIpc) is 2.20. The van der Waals surface area contributed by atoms with Gasteiger partial charge in [-0.3, -0.25) is 4.57 Å². The second-order valence-corrected chi connectivity index (χ2v) is 2.23. The van der Waals surface area contributed by atoms with E-state index in [-0.39, 0.29) is 5.69 Å². The number of rotatable bonds is 2. The summed E-state index contributed by atoms with van der Waals surface area (Å²) in [5.41, 5.74) is -0.0400. The van der Waals surface area contributed by atoms with Crippen molar-refractivity contribution >= 4 is 0 Å². The maximum Gasteiger partial charge on any atom is 0.345 e. The van der Waals surface area contributed by atoms with Gasteiger partial charge in [-0.15, -0.1) is 0 Å². The van der Waals surface area contributed by atoms with Gasteiger partial charge < -0.3 is 0 Å². The fourth-order valence-corrected chi connectivity index (χ4v) is 0.819. The lowest BCUT2D eigenvalue weighted by molar-refractivity contribution is 0.633. The summed E-state index contributed by atoms with van der Waals surface area (Å²) in [6, 6.07) is 0. The SMILES string of the molecule is CCCn1cnn(C)c1=O. The van der Waals surface area contributed by atoms with Crippen LogP contribution in [0.1, 0.15) is 13.3 Å².